The van der Waals surface area contributed by atoms with Gasteiger partial charge in [0.25, 0.3) is 0 Å². The summed E-state index contributed by atoms with van der Waals surface area (Å²) in [4.78, 5) is 24.6. The molecular weight excluding hydrogens is 352 g/mol. The van der Waals surface area contributed by atoms with Gasteiger partial charge < -0.3 is 15.4 Å². The lowest BCUT2D eigenvalue weighted by Crippen LogP contribution is -2.38. The molecule has 1 heterocycles. The highest BCUT2D eigenvalue weighted by Crippen LogP contribution is 2.26. The molecule has 6 heteroatoms. The molecule has 1 aromatic rings. The molecule has 3 unspecified atom stereocenters. The fraction of sp³-hybridized carbons (Fsp3) is 0.600. The molecule has 0 bridgehead atoms. The van der Waals surface area contributed by atoms with Crippen LogP contribution in [0.15, 0.2) is 30.3 Å². The number of amides is 1. The van der Waals surface area contributed by atoms with Crippen LogP contribution in [0.2, 0.25) is 0 Å². The number of piperidine rings is 1. The summed E-state index contributed by atoms with van der Waals surface area (Å²) in [5.41, 5.74) is 0.920. The Bertz CT molecular complexity index is 561. The Morgan fingerprint density at radius 2 is 1.81 bits per heavy atom. The van der Waals surface area contributed by atoms with Crippen LogP contribution in [-0.2, 0) is 14.3 Å². The van der Waals surface area contributed by atoms with Crippen molar-refractivity contribution in [1.29, 1.82) is 0 Å². The highest BCUT2D eigenvalue weighted by Gasteiger charge is 2.29. The monoisotopic (exact) mass is 382 g/mol. The van der Waals surface area contributed by atoms with Gasteiger partial charge in [-0.05, 0) is 50.3 Å². The summed E-state index contributed by atoms with van der Waals surface area (Å²) in [5, 5.41) is 6.42. The Morgan fingerprint density at radius 1 is 1.19 bits per heavy atom. The van der Waals surface area contributed by atoms with E-state index < -0.39 is 5.92 Å². The van der Waals surface area contributed by atoms with Crippen molar-refractivity contribution >= 4 is 24.3 Å². The molecule has 2 N–H and O–H groups in total. The third-order valence-corrected chi connectivity index (χ3v) is 5.24. The van der Waals surface area contributed by atoms with Crippen molar-refractivity contribution in [3.05, 3.63) is 35.9 Å². The zero-order valence-corrected chi connectivity index (χ0v) is 16.7. The number of esters is 1. The molecule has 1 aliphatic rings. The third-order valence-electron chi connectivity index (χ3n) is 5.24. The molecule has 0 radical (unpaired) electrons. The van der Waals surface area contributed by atoms with Gasteiger partial charge in [-0.2, -0.15) is 0 Å². The Labute approximate surface area is 162 Å². The number of carbonyl (C=O) groups is 2. The van der Waals surface area contributed by atoms with Crippen molar-refractivity contribution in [3.63, 3.8) is 0 Å². The molecule has 1 saturated heterocycles. The summed E-state index contributed by atoms with van der Waals surface area (Å²) < 4.78 is 4.88. The summed E-state index contributed by atoms with van der Waals surface area (Å²) in [6.07, 6.45) is 2.73. The SMILES string of the molecule is COC(=O)C(C)C(NC(=O)CC(C)C1CCNCC1)c1ccccc1.Cl. The lowest BCUT2D eigenvalue weighted by Gasteiger charge is -2.29. The molecule has 0 spiro atoms. The number of halogens is 1. The van der Waals surface area contributed by atoms with Crippen molar-refractivity contribution < 1.29 is 14.3 Å². The van der Waals surface area contributed by atoms with Crippen LogP contribution in [0, 0.1) is 17.8 Å². The zero-order chi connectivity index (χ0) is 18.2. The van der Waals surface area contributed by atoms with Crippen molar-refractivity contribution in [2.45, 2.75) is 39.2 Å². The summed E-state index contributed by atoms with van der Waals surface area (Å²) in [5.74, 6) is 0.161. The molecule has 1 amide bonds. The van der Waals surface area contributed by atoms with Gasteiger partial charge >= 0.3 is 5.97 Å². The average molecular weight is 383 g/mol. The average Bonchev–Trinajstić information content (AvgIpc) is 2.66. The van der Waals surface area contributed by atoms with Crippen LogP contribution in [0.5, 0.6) is 0 Å². The standard InChI is InChI=1S/C20H30N2O3.ClH/c1-14(16-9-11-21-12-10-16)13-18(23)22-19(15(2)20(24)25-3)17-7-5-4-6-8-17;/h4-8,14-16,19,21H,9-13H2,1-3H3,(H,22,23);1H. The molecule has 1 aromatic carbocycles. The maximum absolute atomic E-state index is 12.6. The molecule has 146 valence electrons. The molecule has 1 fully saturated rings. The van der Waals surface area contributed by atoms with E-state index in [-0.39, 0.29) is 30.3 Å². The predicted molar refractivity (Wildman–Crippen MR) is 105 cm³/mol. The number of carbonyl (C=O) groups excluding carboxylic acids is 2. The number of hydrogen-bond donors (Lipinski definition) is 2. The first-order valence-electron chi connectivity index (χ1n) is 9.15. The topological polar surface area (TPSA) is 67.4 Å². The smallest absolute Gasteiger partial charge is 0.310 e. The summed E-state index contributed by atoms with van der Waals surface area (Å²) >= 11 is 0. The first kappa shape index (κ1) is 22.5. The van der Waals surface area contributed by atoms with Gasteiger partial charge in [0.05, 0.1) is 19.1 Å². The van der Waals surface area contributed by atoms with E-state index in [1.54, 1.807) is 6.92 Å². The number of methoxy groups -OCH3 is 1. The fourth-order valence-electron chi connectivity index (χ4n) is 3.58. The van der Waals surface area contributed by atoms with E-state index in [0.717, 1.165) is 31.5 Å². The van der Waals surface area contributed by atoms with Gasteiger partial charge in [-0.15, -0.1) is 12.4 Å². The number of nitrogens with one attached hydrogen (secondary N) is 2. The maximum atomic E-state index is 12.6. The minimum absolute atomic E-state index is 0. The van der Waals surface area contributed by atoms with Gasteiger partial charge in [0.2, 0.25) is 5.91 Å². The second kappa shape index (κ2) is 11.2. The number of hydrogen-bond acceptors (Lipinski definition) is 4. The van der Waals surface area contributed by atoms with Gasteiger partial charge in [-0.1, -0.05) is 37.3 Å². The highest BCUT2D eigenvalue weighted by molar-refractivity contribution is 5.85. The molecule has 1 aliphatic heterocycles. The molecule has 0 saturated carbocycles. The van der Waals surface area contributed by atoms with Crippen LogP contribution < -0.4 is 10.6 Å². The Hall–Kier alpha value is -1.59. The van der Waals surface area contributed by atoms with E-state index in [1.807, 2.05) is 30.3 Å². The molecule has 3 atom stereocenters. The third kappa shape index (κ3) is 6.29. The van der Waals surface area contributed by atoms with E-state index in [2.05, 4.69) is 17.6 Å². The first-order chi connectivity index (χ1) is 12.0. The molecular formula is C20H31ClN2O3. The van der Waals surface area contributed by atoms with Gasteiger partial charge in [0.1, 0.15) is 0 Å². The van der Waals surface area contributed by atoms with Crippen LogP contribution in [-0.4, -0.2) is 32.1 Å². The highest BCUT2D eigenvalue weighted by atomic mass is 35.5. The summed E-state index contributed by atoms with van der Waals surface area (Å²) in [6.45, 7) is 6.00. The first-order valence-corrected chi connectivity index (χ1v) is 9.15. The lowest BCUT2D eigenvalue weighted by molar-refractivity contribution is -0.146. The van der Waals surface area contributed by atoms with Gasteiger partial charge in [-0.25, -0.2) is 0 Å². The number of rotatable bonds is 7. The molecule has 26 heavy (non-hydrogen) atoms. The molecule has 0 aliphatic carbocycles. The van der Waals surface area contributed by atoms with E-state index >= 15 is 0 Å². The van der Waals surface area contributed by atoms with E-state index in [1.165, 1.54) is 7.11 Å². The Balaban J connectivity index is 0.00000338. The summed E-state index contributed by atoms with van der Waals surface area (Å²) in [7, 11) is 1.38. The van der Waals surface area contributed by atoms with Crippen LogP contribution in [0.1, 0.15) is 44.7 Å². The second-order valence-corrected chi connectivity index (χ2v) is 7.04. The number of benzene rings is 1. The lowest BCUT2D eigenvalue weighted by atomic mass is 9.84. The van der Waals surface area contributed by atoms with Crippen LogP contribution in [0.3, 0.4) is 0 Å². The second-order valence-electron chi connectivity index (χ2n) is 7.04. The van der Waals surface area contributed by atoms with Crippen molar-refractivity contribution in [2.24, 2.45) is 17.8 Å². The van der Waals surface area contributed by atoms with Crippen molar-refractivity contribution in [3.8, 4) is 0 Å². The van der Waals surface area contributed by atoms with Gasteiger partial charge in [0, 0.05) is 6.42 Å². The van der Waals surface area contributed by atoms with Crippen LogP contribution in [0.4, 0.5) is 0 Å². The summed E-state index contributed by atoms with van der Waals surface area (Å²) in [6, 6.07) is 9.24. The predicted octanol–water partition coefficient (Wildman–Crippen LogP) is 3.10. The van der Waals surface area contributed by atoms with Gasteiger partial charge in [0.15, 0.2) is 0 Å². The zero-order valence-electron chi connectivity index (χ0n) is 15.9. The van der Waals surface area contributed by atoms with E-state index in [0.29, 0.717) is 18.3 Å². The minimum atomic E-state index is -0.439. The quantitative estimate of drug-likeness (QED) is 0.711. The maximum Gasteiger partial charge on any atom is 0.310 e. The van der Waals surface area contributed by atoms with E-state index in [9.17, 15) is 9.59 Å². The van der Waals surface area contributed by atoms with Crippen molar-refractivity contribution in [2.75, 3.05) is 20.2 Å². The Morgan fingerprint density at radius 3 is 2.38 bits per heavy atom. The molecule has 0 aromatic heterocycles. The van der Waals surface area contributed by atoms with Gasteiger partial charge in [-0.3, -0.25) is 9.59 Å². The van der Waals surface area contributed by atoms with Crippen LogP contribution >= 0.6 is 12.4 Å². The minimum Gasteiger partial charge on any atom is -0.469 e. The van der Waals surface area contributed by atoms with E-state index in [4.69, 9.17) is 4.74 Å². The van der Waals surface area contributed by atoms with Crippen LogP contribution in [0.25, 0.3) is 0 Å². The molecule has 2 rings (SSSR count). The fourth-order valence-corrected chi connectivity index (χ4v) is 3.58. The van der Waals surface area contributed by atoms with Crippen molar-refractivity contribution in [1.82, 2.24) is 10.6 Å². The normalized spacial score (nSPS) is 18.1. The largest absolute Gasteiger partial charge is 0.469 e. The Kier molecular flexibility index (Phi) is 9.66. The molecule has 5 nitrogen and oxygen atoms in total. The number of ether oxygens (including phenoxy) is 1.